The standard InChI is InChI=1S/C32H27NO9/c1-5-38-31-28-27(41-32(42-28,30(31)13-39-30)29-36-8-9-37-29)22-14(2)10-16-11-19-20(12-18(16)26(22)40-31)25(35)23-15(3)21(33-4)7-6-17(23)24(19)34/h1,6-7,10-12,27-29,33-35H,8-9,13H2,2-4H3/t27-,28?,30?,31?,32?/m1/s1. The minimum absolute atomic E-state index is 0.0625. The monoisotopic (exact) mass is 569 g/mol. The number of anilines is 1. The number of ether oxygens (including phenoxy) is 7. The number of epoxide rings is 1. The molecule has 4 aromatic rings. The first-order valence-corrected chi connectivity index (χ1v) is 13.9. The van der Waals surface area contributed by atoms with Gasteiger partial charge in [-0.05, 0) is 54.6 Å². The molecule has 1 spiro atoms. The smallest absolute Gasteiger partial charge is 0.327 e. The largest absolute Gasteiger partial charge is 0.507 e. The third-order valence-corrected chi connectivity index (χ3v) is 9.71. The summed E-state index contributed by atoms with van der Waals surface area (Å²) in [6, 6.07) is 9.40. The van der Waals surface area contributed by atoms with E-state index in [2.05, 4.69) is 11.4 Å². The predicted octanol–water partition coefficient (Wildman–Crippen LogP) is 4.22. The molecular weight excluding hydrogens is 542 g/mol. The Balaban J connectivity index is 1.32. The minimum Gasteiger partial charge on any atom is -0.507 e. The summed E-state index contributed by atoms with van der Waals surface area (Å²) in [6.45, 7) is 4.86. The normalized spacial score (nSPS) is 32.4. The maximum Gasteiger partial charge on any atom is 0.327 e. The van der Waals surface area contributed by atoms with E-state index < -0.39 is 35.7 Å². The Morgan fingerprint density at radius 1 is 1.00 bits per heavy atom. The highest BCUT2D eigenvalue weighted by atomic mass is 16.9. The number of phenolic OH excluding ortho intramolecular Hbond substituents is 2. The highest BCUT2D eigenvalue weighted by Crippen LogP contribution is 2.71. The molecule has 4 aromatic carbocycles. The molecule has 2 bridgehead atoms. The van der Waals surface area contributed by atoms with Gasteiger partial charge in [0, 0.05) is 45.2 Å². The first-order chi connectivity index (χ1) is 20.3. The zero-order valence-corrected chi connectivity index (χ0v) is 23.1. The summed E-state index contributed by atoms with van der Waals surface area (Å²) in [4.78, 5) is 0. The molecule has 0 amide bonds. The number of phenols is 2. The average molecular weight is 570 g/mol. The van der Waals surface area contributed by atoms with E-state index in [0.717, 1.165) is 27.8 Å². The Kier molecular flexibility index (Phi) is 4.51. The van der Waals surface area contributed by atoms with Gasteiger partial charge in [0.15, 0.2) is 6.10 Å². The van der Waals surface area contributed by atoms with Gasteiger partial charge < -0.3 is 48.7 Å². The Morgan fingerprint density at radius 3 is 2.48 bits per heavy atom. The lowest BCUT2D eigenvalue weighted by Gasteiger charge is -2.48. The predicted molar refractivity (Wildman–Crippen MR) is 150 cm³/mol. The fourth-order valence-electron chi connectivity index (χ4n) is 7.76. The molecular formula is C32H27NO9. The molecule has 10 heteroatoms. The first kappa shape index (κ1) is 24.6. The molecule has 5 atom stereocenters. The van der Waals surface area contributed by atoms with Crippen LogP contribution in [0.5, 0.6) is 17.2 Å². The molecule has 3 N–H and O–H groups in total. The third-order valence-electron chi connectivity index (χ3n) is 9.71. The second-order valence-electron chi connectivity index (χ2n) is 11.6. The van der Waals surface area contributed by atoms with Crippen molar-refractivity contribution >= 4 is 38.0 Å². The summed E-state index contributed by atoms with van der Waals surface area (Å²) in [6.07, 6.45) is 5.85. The lowest BCUT2D eigenvalue weighted by molar-refractivity contribution is -0.331. The van der Waals surface area contributed by atoms with Crippen molar-refractivity contribution in [2.24, 2.45) is 0 Å². The highest BCUT2D eigenvalue weighted by Gasteiger charge is 2.94. The van der Waals surface area contributed by atoms with Crippen LogP contribution in [-0.2, 0) is 28.4 Å². The van der Waals surface area contributed by atoms with Gasteiger partial charge in [-0.25, -0.2) is 0 Å². The number of aromatic hydroxyl groups is 2. The van der Waals surface area contributed by atoms with Gasteiger partial charge in [0.1, 0.15) is 29.5 Å². The zero-order valence-electron chi connectivity index (χ0n) is 23.1. The van der Waals surface area contributed by atoms with Gasteiger partial charge in [0.25, 0.3) is 5.79 Å². The molecule has 4 fully saturated rings. The van der Waals surface area contributed by atoms with Gasteiger partial charge in [-0.1, -0.05) is 12.5 Å². The van der Waals surface area contributed by atoms with Crippen molar-refractivity contribution in [1.29, 1.82) is 0 Å². The van der Waals surface area contributed by atoms with Gasteiger partial charge >= 0.3 is 5.79 Å². The summed E-state index contributed by atoms with van der Waals surface area (Å²) < 4.78 is 43.9. The van der Waals surface area contributed by atoms with E-state index in [0.29, 0.717) is 45.9 Å². The van der Waals surface area contributed by atoms with Crippen LogP contribution in [0.2, 0.25) is 0 Å². The Hall–Kier alpha value is -3.98. The van der Waals surface area contributed by atoms with E-state index >= 15 is 0 Å². The summed E-state index contributed by atoms with van der Waals surface area (Å²) in [5, 5.41) is 29.8. The number of rotatable bonds is 3. The number of terminal acetylenes is 1. The van der Waals surface area contributed by atoms with E-state index in [1.807, 2.05) is 51.2 Å². The van der Waals surface area contributed by atoms with Crippen molar-refractivity contribution in [3.05, 3.63) is 47.0 Å². The van der Waals surface area contributed by atoms with Gasteiger partial charge in [0.05, 0.1) is 19.8 Å². The van der Waals surface area contributed by atoms with Crippen molar-refractivity contribution in [2.75, 3.05) is 32.2 Å². The number of benzene rings is 4. The molecule has 4 saturated heterocycles. The number of hydrogen-bond acceptors (Lipinski definition) is 10. The summed E-state index contributed by atoms with van der Waals surface area (Å²) >= 11 is 0. The van der Waals surface area contributed by atoms with Crippen LogP contribution in [0.1, 0.15) is 22.8 Å². The van der Waals surface area contributed by atoms with E-state index in [-0.39, 0.29) is 18.1 Å². The van der Waals surface area contributed by atoms with Crippen LogP contribution < -0.4 is 10.1 Å². The molecule has 0 aliphatic carbocycles. The summed E-state index contributed by atoms with van der Waals surface area (Å²) in [7, 11) is 1.82. The van der Waals surface area contributed by atoms with Crippen LogP contribution in [0.15, 0.2) is 30.3 Å². The molecule has 5 aliphatic rings. The lowest BCUT2D eigenvalue weighted by atomic mass is 9.79. The van der Waals surface area contributed by atoms with Crippen LogP contribution in [0, 0.1) is 26.4 Å². The van der Waals surface area contributed by atoms with Crippen molar-refractivity contribution in [3.63, 3.8) is 0 Å². The van der Waals surface area contributed by atoms with Gasteiger partial charge in [0.2, 0.25) is 11.9 Å². The van der Waals surface area contributed by atoms with Crippen molar-refractivity contribution in [3.8, 4) is 29.8 Å². The number of fused-ring (bicyclic) bond motifs is 9. The molecule has 5 heterocycles. The molecule has 10 nitrogen and oxygen atoms in total. The van der Waals surface area contributed by atoms with Crippen LogP contribution in [0.25, 0.3) is 32.3 Å². The van der Waals surface area contributed by atoms with E-state index in [1.165, 1.54) is 0 Å². The van der Waals surface area contributed by atoms with E-state index in [1.54, 1.807) is 0 Å². The molecule has 214 valence electrons. The Labute approximate surface area is 239 Å². The molecule has 0 radical (unpaired) electrons. The highest BCUT2D eigenvalue weighted by molar-refractivity contribution is 6.16. The second kappa shape index (κ2) is 7.69. The SMILES string of the molecule is C#COC12Oc3c(c(C)cc4cc5c(O)c6ccc(NC)c(C)c6c(O)c5cc34)[C@H]3OC(C4OCCO4)(OC31)C21CO1. The quantitative estimate of drug-likeness (QED) is 0.143. The fourth-order valence-corrected chi connectivity index (χ4v) is 7.76. The molecule has 0 aromatic heterocycles. The maximum atomic E-state index is 11.6. The first-order valence-electron chi connectivity index (χ1n) is 13.9. The van der Waals surface area contributed by atoms with Crippen molar-refractivity contribution < 1.29 is 43.4 Å². The van der Waals surface area contributed by atoms with Gasteiger partial charge in [-0.2, -0.15) is 0 Å². The van der Waals surface area contributed by atoms with Gasteiger partial charge in [-0.15, -0.1) is 0 Å². The number of aryl methyl sites for hydroxylation is 2. The zero-order chi connectivity index (χ0) is 28.8. The van der Waals surface area contributed by atoms with Crippen LogP contribution >= 0.6 is 0 Å². The van der Waals surface area contributed by atoms with Crippen LogP contribution in [-0.4, -0.2) is 66.7 Å². The molecule has 4 unspecified atom stereocenters. The topological polar surface area (TPSA) is 120 Å². The van der Waals surface area contributed by atoms with E-state index in [9.17, 15) is 10.2 Å². The fraction of sp³-hybridized carbons (Fsp3) is 0.375. The van der Waals surface area contributed by atoms with E-state index in [4.69, 9.17) is 39.6 Å². The third kappa shape index (κ3) is 2.53. The van der Waals surface area contributed by atoms with Gasteiger partial charge in [-0.3, -0.25) is 0 Å². The second-order valence-corrected chi connectivity index (χ2v) is 11.6. The van der Waals surface area contributed by atoms with Crippen LogP contribution in [0.4, 0.5) is 5.69 Å². The maximum absolute atomic E-state index is 11.6. The Morgan fingerprint density at radius 2 is 1.76 bits per heavy atom. The van der Waals surface area contributed by atoms with Crippen molar-refractivity contribution in [1.82, 2.24) is 0 Å². The average Bonchev–Trinajstić information content (AvgIpc) is 3.33. The molecule has 42 heavy (non-hydrogen) atoms. The molecule has 5 aliphatic heterocycles. The number of nitrogens with one attached hydrogen (secondary N) is 1. The summed E-state index contributed by atoms with van der Waals surface area (Å²) in [5.41, 5.74) is 2.12. The minimum atomic E-state index is -1.53. The van der Waals surface area contributed by atoms with Crippen LogP contribution in [0.3, 0.4) is 0 Å². The number of hydrogen-bond donors (Lipinski definition) is 3. The lowest BCUT2D eigenvalue weighted by Crippen LogP contribution is -2.69. The molecule has 0 saturated carbocycles. The molecule has 9 rings (SSSR count). The Bertz CT molecular complexity index is 1940. The van der Waals surface area contributed by atoms with Crippen molar-refractivity contribution in [2.45, 2.75) is 49.5 Å². The summed E-state index contributed by atoms with van der Waals surface area (Å²) in [5.74, 6) is -2.32.